The molecule has 0 atom stereocenters. The molecule has 2 aliphatic carbocycles. The summed E-state index contributed by atoms with van der Waals surface area (Å²) < 4.78 is 1.86. The molecule has 2 saturated carbocycles. The van der Waals surface area contributed by atoms with E-state index in [0.717, 1.165) is 54.1 Å². The van der Waals surface area contributed by atoms with Crippen LogP contribution in [0, 0.1) is 10.1 Å². The first-order valence-corrected chi connectivity index (χ1v) is 12.5. The van der Waals surface area contributed by atoms with Crippen LogP contribution in [0.1, 0.15) is 64.2 Å². The summed E-state index contributed by atoms with van der Waals surface area (Å²) in [7, 11) is 0. The molecule has 7 heteroatoms. The minimum Gasteiger partial charge on any atom is -0.377 e. The number of nitrogens with one attached hydrogen (secondary N) is 1. The van der Waals surface area contributed by atoms with Crippen molar-refractivity contribution in [3.05, 3.63) is 64.7 Å². The van der Waals surface area contributed by atoms with Gasteiger partial charge in [-0.1, -0.05) is 56.0 Å². The number of aromatic nitrogens is 2. The standard InChI is InChI=1S/C27H31N5O2/c33-32(34)24-18-16-23(17-19-24)31-27(29-22-14-8-3-9-15-22)26(28-21-12-6-2-7-13-21)25(30-31)20-10-4-1-5-11-20/h1,4-5,10-11,16-19,21,28H,2-3,6-9,12-15H2. The molecule has 7 nitrogen and oxygen atoms in total. The largest absolute Gasteiger partial charge is 0.377 e. The van der Waals surface area contributed by atoms with Gasteiger partial charge in [-0.25, -0.2) is 9.67 Å². The number of non-ortho nitro benzene ring substituents is 1. The van der Waals surface area contributed by atoms with E-state index in [1.54, 1.807) is 12.1 Å². The molecule has 176 valence electrons. The lowest BCUT2D eigenvalue weighted by Gasteiger charge is -2.24. The molecule has 0 amide bonds. The van der Waals surface area contributed by atoms with Gasteiger partial charge in [0.25, 0.3) is 5.69 Å². The van der Waals surface area contributed by atoms with Gasteiger partial charge >= 0.3 is 0 Å². The highest BCUT2D eigenvalue weighted by atomic mass is 16.6. The zero-order valence-electron chi connectivity index (χ0n) is 19.4. The Morgan fingerprint density at radius 2 is 1.59 bits per heavy atom. The molecule has 0 saturated heterocycles. The van der Waals surface area contributed by atoms with Gasteiger partial charge in [0.15, 0.2) is 5.82 Å². The van der Waals surface area contributed by atoms with Crippen molar-refractivity contribution in [2.75, 3.05) is 5.32 Å². The molecule has 1 aromatic heterocycles. The van der Waals surface area contributed by atoms with Crippen molar-refractivity contribution in [2.24, 2.45) is 4.99 Å². The highest BCUT2D eigenvalue weighted by molar-refractivity contribution is 5.91. The lowest BCUT2D eigenvalue weighted by atomic mass is 9.95. The lowest BCUT2D eigenvalue weighted by Crippen LogP contribution is -2.22. The third-order valence-corrected chi connectivity index (χ3v) is 6.86. The van der Waals surface area contributed by atoms with Crippen molar-refractivity contribution in [3.8, 4) is 16.9 Å². The highest BCUT2D eigenvalue weighted by Gasteiger charge is 2.24. The summed E-state index contributed by atoms with van der Waals surface area (Å²) in [6, 6.07) is 17.2. The second kappa shape index (κ2) is 10.2. The second-order valence-corrected chi connectivity index (χ2v) is 9.32. The van der Waals surface area contributed by atoms with Gasteiger partial charge in [0, 0.05) is 29.4 Å². The van der Waals surface area contributed by atoms with E-state index in [1.807, 2.05) is 22.9 Å². The first-order valence-electron chi connectivity index (χ1n) is 12.5. The lowest BCUT2D eigenvalue weighted by molar-refractivity contribution is -0.384. The van der Waals surface area contributed by atoms with Crippen molar-refractivity contribution in [1.82, 2.24) is 9.78 Å². The van der Waals surface area contributed by atoms with Gasteiger partial charge in [-0.15, -0.1) is 0 Å². The third kappa shape index (κ3) is 4.88. The van der Waals surface area contributed by atoms with Gasteiger partial charge in [-0.3, -0.25) is 10.1 Å². The summed E-state index contributed by atoms with van der Waals surface area (Å²) in [5.41, 5.74) is 4.93. The summed E-state index contributed by atoms with van der Waals surface area (Å²) >= 11 is 0. The smallest absolute Gasteiger partial charge is 0.269 e. The molecule has 0 aliphatic heterocycles. The van der Waals surface area contributed by atoms with E-state index in [1.165, 1.54) is 56.4 Å². The summed E-state index contributed by atoms with van der Waals surface area (Å²) in [5.74, 6) is 0.801. The quantitative estimate of drug-likeness (QED) is 0.312. The number of rotatable bonds is 6. The zero-order chi connectivity index (χ0) is 23.3. The molecule has 34 heavy (non-hydrogen) atoms. The third-order valence-electron chi connectivity index (χ3n) is 6.86. The van der Waals surface area contributed by atoms with Crippen LogP contribution in [0.3, 0.4) is 0 Å². The number of nitro benzene ring substituents is 1. The topological polar surface area (TPSA) is 85.3 Å². The molecular formula is C27H31N5O2. The molecule has 0 unspecified atom stereocenters. The van der Waals surface area contributed by atoms with E-state index in [2.05, 4.69) is 17.4 Å². The number of nitro groups is 1. The van der Waals surface area contributed by atoms with Gasteiger partial charge in [-0.05, 0) is 50.7 Å². The maximum Gasteiger partial charge on any atom is 0.269 e. The normalized spacial score (nSPS) is 16.9. The van der Waals surface area contributed by atoms with Crippen molar-refractivity contribution < 1.29 is 4.92 Å². The first kappa shape index (κ1) is 22.3. The molecule has 0 radical (unpaired) electrons. The van der Waals surface area contributed by atoms with E-state index < -0.39 is 0 Å². The maximum absolute atomic E-state index is 11.2. The van der Waals surface area contributed by atoms with Crippen molar-refractivity contribution in [2.45, 2.75) is 70.3 Å². The molecule has 1 heterocycles. The van der Waals surface area contributed by atoms with Gasteiger partial charge in [-0.2, -0.15) is 5.10 Å². The number of aliphatic imine (C=N–C) groups is 1. The summed E-state index contributed by atoms with van der Waals surface area (Å²) in [4.78, 5) is 16.0. The Labute approximate surface area is 200 Å². The molecule has 3 aromatic rings. The zero-order valence-corrected chi connectivity index (χ0v) is 19.4. The monoisotopic (exact) mass is 457 g/mol. The van der Waals surface area contributed by atoms with Crippen LogP contribution in [-0.4, -0.2) is 26.5 Å². The van der Waals surface area contributed by atoms with Crippen molar-refractivity contribution in [1.29, 1.82) is 0 Å². The molecule has 2 aromatic carbocycles. The predicted molar refractivity (Wildman–Crippen MR) is 136 cm³/mol. The average Bonchev–Trinajstić information content (AvgIpc) is 3.23. The van der Waals surface area contributed by atoms with E-state index in [-0.39, 0.29) is 10.6 Å². The Balaban J connectivity index is 1.66. The molecule has 2 aliphatic rings. The fourth-order valence-corrected chi connectivity index (χ4v) is 5.01. The van der Waals surface area contributed by atoms with Gasteiger partial charge in [0.05, 0.1) is 10.6 Å². The highest BCUT2D eigenvalue weighted by Crippen LogP contribution is 2.40. The molecular weight excluding hydrogens is 426 g/mol. The van der Waals surface area contributed by atoms with Crippen LogP contribution in [0.15, 0.2) is 59.6 Å². The average molecular weight is 458 g/mol. The Bertz CT molecular complexity index is 1150. The van der Waals surface area contributed by atoms with Crippen LogP contribution in [0.2, 0.25) is 0 Å². The Hall–Kier alpha value is -3.48. The van der Waals surface area contributed by atoms with E-state index in [9.17, 15) is 10.1 Å². The molecule has 1 N–H and O–H groups in total. The van der Waals surface area contributed by atoms with Gasteiger partial charge in [0.2, 0.25) is 0 Å². The predicted octanol–water partition coefficient (Wildman–Crippen LogP) is 7.23. The van der Waals surface area contributed by atoms with Crippen molar-refractivity contribution in [3.63, 3.8) is 0 Å². The second-order valence-electron chi connectivity index (χ2n) is 9.32. The van der Waals surface area contributed by atoms with Crippen LogP contribution in [-0.2, 0) is 0 Å². The molecule has 0 spiro atoms. The molecule has 0 bridgehead atoms. The Morgan fingerprint density at radius 1 is 0.912 bits per heavy atom. The van der Waals surface area contributed by atoms with E-state index in [0.29, 0.717) is 6.04 Å². The van der Waals surface area contributed by atoms with Gasteiger partial charge < -0.3 is 5.32 Å². The van der Waals surface area contributed by atoms with Crippen LogP contribution in [0.5, 0.6) is 0 Å². The van der Waals surface area contributed by atoms with E-state index >= 15 is 0 Å². The van der Waals surface area contributed by atoms with E-state index in [4.69, 9.17) is 10.1 Å². The minimum absolute atomic E-state index is 0.0693. The number of nitrogens with zero attached hydrogens (tertiary/aromatic N) is 4. The number of hydrogen-bond donors (Lipinski definition) is 1. The Morgan fingerprint density at radius 3 is 2.26 bits per heavy atom. The SMILES string of the molecule is O=[N+]([O-])c1ccc(-n2nc(-c3ccccc3)c(NC3CCCCC3)c2N=C2CCCCC2)cc1. The number of benzene rings is 2. The summed E-state index contributed by atoms with van der Waals surface area (Å²) in [6.07, 6.45) is 11.7. The van der Waals surface area contributed by atoms with Crippen LogP contribution < -0.4 is 5.32 Å². The summed E-state index contributed by atoms with van der Waals surface area (Å²) in [6.45, 7) is 0. The fraction of sp³-hybridized carbons (Fsp3) is 0.407. The first-order chi connectivity index (χ1) is 16.7. The van der Waals surface area contributed by atoms with Crippen LogP contribution >= 0.6 is 0 Å². The summed E-state index contributed by atoms with van der Waals surface area (Å²) in [5, 5.41) is 20.1. The molecule has 2 fully saturated rings. The Kier molecular flexibility index (Phi) is 6.70. The maximum atomic E-state index is 11.2. The van der Waals surface area contributed by atoms with Crippen LogP contribution in [0.4, 0.5) is 17.2 Å². The number of hydrogen-bond acceptors (Lipinski definition) is 5. The van der Waals surface area contributed by atoms with Gasteiger partial charge in [0.1, 0.15) is 11.4 Å². The van der Waals surface area contributed by atoms with Crippen molar-refractivity contribution >= 4 is 22.9 Å². The minimum atomic E-state index is -0.374. The fourth-order valence-electron chi connectivity index (χ4n) is 5.01. The number of anilines is 1. The van der Waals surface area contributed by atoms with Crippen LogP contribution in [0.25, 0.3) is 16.9 Å². The molecule has 5 rings (SSSR count).